The Labute approximate surface area is 146 Å². The van der Waals surface area contributed by atoms with Crippen molar-refractivity contribution in [1.82, 2.24) is 10.3 Å². The van der Waals surface area contributed by atoms with E-state index in [1.807, 2.05) is 35.7 Å². The second kappa shape index (κ2) is 7.88. The van der Waals surface area contributed by atoms with Crippen LogP contribution in [0.3, 0.4) is 0 Å². The lowest BCUT2D eigenvalue weighted by Crippen LogP contribution is -2.24. The van der Waals surface area contributed by atoms with Gasteiger partial charge in [-0.1, -0.05) is 61.5 Å². The monoisotopic (exact) mass is 336 g/mol. The molecular weight excluding hydrogens is 316 g/mol. The minimum absolute atomic E-state index is 0.00100. The van der Waals surface area contributed by atoms with E-state index in [0.717, 1.165) is 28.2 Å². The minimum Gasteiger partial charge on any atom is -0.352 e. The summed E-state index contributed by atoms with van der Waals surface area (Å²) in [5.74, 6) is 0.00100. The molecule has 0 unspecified atom stereocenters. The van der Waals surface area contributed by atoms with Crippen LogP contribution in [0.2, 0.25) is 0 Å². The summed E-state index contributed by atoms with van der Waals surface area (Å²) in [6.45, 7) is 2.69. The van der Waals surface area contributed by atoms with E-state index in [0.29, 0.717) is 13.0 Å². The van der Waals surface area contributed by atoms with Crippen LogP contribution >= 0.6 is 11.3 Å². The Balaban J connectivity index is 1.58. The topological polar surface area (TPSA) is 42.0 Å². The lowest BCUT2D eigenvalue weighted by molar-refractivity contribution is -0.120. The number of nitrogens with one attached hydrogen (secondary N) is 1. The molecule has 0 atom stereocenters. The smallest absolute Gasteiger partial charge is 0.227 e. The van der Waals surface area contributed by atoms with Crippen molar-refractivity contribution in [3.63, 3.8) is 0 Å². The van der Waals surface area contributed by atoms with E-state index < -0.39 is 0 Å². The predicted molar refractivity (Wildman–Crippen MR) is 98.9 cm³/mol. The fourth-order valence-electron chi connectivity index (χ4n) is 2.43. The first-order valence-electron chi connectivity index (χ1n) is 8.09. The molecule has 24 heavy (non-hydrogen) atoms. The Morgan fingerprint density at radius 1 is 1.04 bits per heavy atom. The SMILES string of the molecule is CCc1ccc(-c2csc(CC(=O)NCc3ccccc3)n2)cc1. The van der Waals surface area contributed by atoms with Gasteiger partial charge in [0, 0.05) is 17.5 Å². The summed E-state index contributed by atoms with van der Waals surface area (Å²) in [6.07, 6.45) is 1.36. The van der Waals surface area contributed by atoms with Crippen LogP contribution in [0.4, 0.5) is 0 Å². The molecule has 0 aliphatic carbocycles. The van der Waals surface area contributed by atoms with Gasteiger partial charge in [0.1, 0.15) is 5.01 Å². The zero-order valence-electron chi connectivity index (χ0n) is 13.7. The predicted octanol–water partition coefficient (Wildman–Crippen LogP) is 4.23. The Kier molecular flexibility index (Phi) is 5.39. The van der Waals surface area contributed by atoms with Gasteiger partial charge in [0.15, 0.2) is 0 Å². The van der Waals surface area contributed by atoms with Gasteiger partial charge in [-0.25, -0.2) is 4.98 Å². The normalized spacial score (nSPS) is 10.5. The third-order valence-electron chi connectivity index (χ3n) is 3.85. The van der Waals surface area contributed by atoms with Gasteiger partial charge in [-0.05, 0) is 17.5 Å². The second-order valence-electron chi connectivity index (χ2n) is 5.62. The van der Waals surface area contributed by atoms with Crippen molar-refractivity contribution in [2.75, 3.05) is 0 Å². The summed E-state index contributed by atoms with van der Waals surface area (Å²) in [5.41, 5.74) is 4.45. The highest BCUT2D eigenvalue weighted by atomic mass is 32.1. The molecule has 0 bridgehead atoms. The van der Waals surface area contributed by atoms with Crippen LogP contribution in [0.15, 0.2) is 60.0 Å². The van der Waals surface area contributed by atoms with Gasteiger partial charge in [-0.2, -0.15) is 0 Å². The number of carbonyl (C=O) groups excluding carboxylic acids is 1. The van der Waals surface area contributed by atoms with E-state index in [-0.39, 0.29) is 5.91 Å². The highest BCUT2D eigenvalue weighted by Crippen LogP contribution is 2.22. The third-order valence-corrected chi connectivity index (χ3v) is 4.70. The summed E-state index contributed by atoms with van der Waals surface area (Å²) in [5, 5.41) is 5.80. The van der Waals surface area contributed by atoms with E-state index >= 15 is 0 Å². The Hall–Kier alpha value is -2.46. The van der Waals surface area contributed by atoms with Crippen molar-refractivity contribution in [2.24, 2.45) is 0 Å². The number of nitrogens with zero attached hydrogens (tertiary/aromatic N) is 1. The van der Waals surface area contributed by atoms with Gasteiger partial charge in [-0.3, -0.25) is 4.79 Å². The van der Waals surface area contributed by atoms with Gasteiger partial charge in [0.2, 0.25) is 5.91 Å². The highest BCUT2D eigenvalue weighted by molar-refractivity contribution is 7.10. The van der Waals surface area contributed by atoms with Gasteiger partial charge < -0.3 is 5.32 Å². The van der Waals surface area contributed by atoms with Crippen LogP contribution in [-0.2, 0) is 24.2 Å². The number of aryl methyl sites for hydroxylation is 1. The lowest BCUT2D eigenvalue weighted by atomic mass is 10.1. The maximum absolute atomic E-state index is 12.1. The van der Waals surface area contributed by atoms with Crippen molar-refractivity contribution < 1.29 is 4.79 Å². The van der Waals surface area contributed by atoms with E-state index in [2.05, 4.69) is 41.5 Å². The molecule has 0 aliphatic rings. The standard InChI is InChI=1S/C20H20N2OS/c1-2-15-8-10-17(11-9-15)18-14-24-20(22-18)12-19(23)21-13-16-6-4-3-5-7-16/h3-11,14H,2,12-13H2,1H3,(H,21,23). The molecule has 2 aromatic carbocycles. The van der Waals surface area contributed by atoms with Crippen molar-refractivity contribution >= 4 is 17.2 Å². The zero-order valence-corrected chi connectivity index (χ0v) is 14.5. The highest BCUT2D eigenvalue weighted by Gasteiger charge is 2.09. The van der Waals surface area contributed by atoms with Crippen molar-refractivity contribution in [3.05, 3.63) is 76.1 Å². The number of benzene rings is 2. The van der Waals surface area contributed by atoms with Crippen LogP contribution in [0, 0.1) is 0 Å². The maximum Gasteiger partial charge on any atom is 0.227 e. The van der Waals surface area contributed by atoms with Crippen LogP contribution in [-0.4, -0.2) is 10.9 Å². The summed E-state index contributed by atoms with van der Waals surface area (Å²) in [6, 6.07) is 18.3. The van der Waals surface area contributed by atoms with Gasteiger partial charge in [0.05, 0.1) is 12.1 Å². The van der Waals surface area contributed by atoms with E-state index in [4.69, 9.17) is 0 Å². The number of thiazole rings is 1. The van der Waals surface area contributed by atoms with Gasteiger partial charge >= 0.3 is 0 Å². The molecule has 0 radical (unpaired) electrons. The molecule has 0 spiro atoms. The first-order chi connectivity index (χ1) is 11.7. The molecule has 1 N–H and O–H groups in total. The average Bonchev–Trinajstić information content (AvgIpc) is 3.09. The quantitative estimate of drug-likeness (QED) is 0.732. The Bertz CT molecular complexity index is 794. The van der Waals surface area contributed by atoms with Crippen molar-refractivity contribution in [2.45, 2.75) is 26.3 Å². The zero-order chi connectivity index (χ0) is 16.8. The first kappa shape index (κ1) is 16.4. The molecule has 0 saturated carbocycles. The fourth-order valence-corrected chi connectivity index (χ4v) is 3.23. The second-order valence-corrected chi connectivity index (χ2v) is 6.56. The van der Waals surface area contributed by atoms with Gasteiger partial charge in [-0.15, -0.1) is 11.3 Å². The molecule has 0 fully saturated rings. The van der Waals surface area contributed by atoms with Crippen molar-refractivity contribution in [1.29, 1.82) is 0 Å². The van der Waals surface area contributed by atoms with E-state index in [1.54, 1.807) is 0 Å². The molecule has 1 heterocycles. The summed E-state index contributed by atoms with van der Waals surface area (Å²) < 4.78 is 0. The molecule has 4 heteroatoms. The van der Waals surface area contributed by atoms with Gasteiger partial charge in [0.25, 0.3) is 0 Å². The number of aromatic nitrogens is 1. The Morgan fingerprint density at radius 3 is 2.50 bits per heavy atom. The number of rotatable bonds is 6. The van der Waals surface area contributed by atoms with Crippen LogP contribution in [0.25, 0.3) is 11.3 Å². The third kappa shape index (κ3) is 4.30. The van der Waals surface area contributed by atoms with Crippen LogP contribution < -0.4 is 5.32 Å². The van der Waals surface area contributed by atoms with E-state index in [1.165, 1.54) is 16.9 Å². The molecule has 1 aromatic heterocycles. The fraction of sp³-hybridized carbons (Fsp3) is 0.200. The number of hydrogen-bond donors (Lipinski definition) is 1. The molecule has 3 nitrogen and oxygen atoms in total. The minimum atomic E-state index is 0.00100. The molecule has 1 amide bonds. The van der Waals surface area contributed by atoms with Crippen LogP contribution in [0.5, 0.6) is 0 Å². The molecule has 0 saturated heterocycles. The number of carbonyl (C=O) groups is 1. The number of hydrogen-bond acceptors (Lipinski definition) is 3. The largest absolute Gasteiger partial charge is 0.352 e. The lowest BCUT2D eigenvalue weighted by Gasteiger charge is -2.03. The average molecular weight is 336 g/mol. The molecule has 122 valence electrons. The summed E-state index contributed by atoms with van der Waals surface area (Å²) in [4.78, 5) is 16.7. The first-order valence-corrected chi connectivity index (χ1v) is 8.97. The van der Waals surface area contributed by atoms with Crippen LogP contribution in [0.1, 0.15) is 23.1 Å². The van der Waals surface area contributed by atoms with Crippen molar-refractivity contribution in [3.8, 4) is 11.3 Å². The molecular formula is C20H20N2OS. The molecule has 3 rings (SSSR count). The Morgan fingerprint density at radius 2 is 1.79 bits per heavy atom. The summed E-state index contributed by atoms with van der Waals surface area (Å²) in [7, 11) is 0. The summed E-state index contributed by atoms with van der Waals surface area (Å²) >= 11 is 1.53. The number of amides is 1. The molecule has 0 aliphatic heterocycles. The van der Waals surface area contributed by atoms with E-state index in [9.17, 15) is 4.79 Å². The molecule has 3 aromatic rings. The maximum atomic E-state index is 12.1.